The van der Waals surface area contributed by atoms with E-state index in [1.807, 2.05) is 0 Å². The largest absolute Gasteiger partial charge is 0.311 e. The van der Waals surface area contributed by atoms with Crippen molar-refractivity contribution in [2.45, 2.75) is 33.2 Å². The molecule has 0 amide bonds. The monoisotopic (exact) mass is 232 g/mol. The summed E-state index contributed by atoms with van der Waals surface area (Å²) in [5.74, 6) is 0. The van der Waals surface area contributed by atoms with E-state index in [-0.39, 0.29) is 0 Å². The third-order valence-electron chi connectivity index (χ3n) is 3.41. The van der Waals surface area contributed by atoms with Crippen LogP contribution < -0.4 is 5.32 Å². The Balaban J connectivity index is 1.70. The Labute approximate surface area is 105 Å². The van der Waals surface area contributed by atoms with Crippen molar-refractivity contribution in [2.75, 3.05) is 26.2 Å². The number of rotatable bonds is 5. The van der Waals surface area contributed by atoms with Crippen LogP contribution in [0.2, 0.25) is 0 Å². The summed E-state index contributed by atoms with van der Waals surface area (Å²) in [5, 5.41) is 3.54. The number of aryl methyl sites for hydroxylation is 2. The van der Waals surface area contributed by atoms with Crippen LogP contribution >= 0.6 is 0 Å². The minimum atomic E-state index is 0.996. The van der Waals surface area contributed by atoms with E-state index in [0.717, 1.165) is 13.1 Å². The molecule has 1 N–H and O–H groups in total. The van der Waals surface area contributed by atoms with Gasteiger partial charge in [-0.1, -0.05) is 29.3 Å². The summed E-state index contributed by atoms with van der Waals surface area (Å²) < 4.78 is 0. The predicted molar refractivity (Wildman–Crippen MR) is 73.3 cm³/mol. The van der Waals surface area contributed by atoms with Crippen LogP contribution in [0.5, 0.6) is 0 Å². The summed E-state index contributed by atoms with van der Waals surface area (Å²) >= 11 is 0. The van der Waals surface area contributed by atoms with E-state index in [1.165, 1.54) is 49.2 Å². The lowest BCUT2D eigenvalue weighted by Crippen LogP contribution is -2.29. The second-order valence-electron chi connectivity index (χ2n) is 5.22. The molecule has 0 unspecified atom stereocenters. The Hall–Kier alpha value is -0.860. The molecule has 1 aromatic carbocycles. The molecule has 1 aliphatic rings. The predicted octanol–water partition coefficient (Wildman–Crippen LogP) is 2.49. The molecule has 0 atom stereocenters. The lowest BCUT2D eigenvalue weighted by Gasteiger charge is -2.15. The highest BCUT2D eigenvalue weighted by molar-refractivity contribution is 5.28. The minimum Gasteiger partial charge on any atom is -0.311 e. The minimum absolute atomic E-state index is 0.996. The molecule has 1 aliphatic heterocycles. The Bertz CT molecular complexity index is 334. The van der Waals surface area contributed by atoms with Crippen molar-refractivity contribution in [1.82, 2.24) is 10.2 Å². The molecular formula is C15H24N2. The molecule has 2 heteroatoms. The van der Waals surface area contributed by atoms with Crippen LogP contribution in [-0.4, -0.2) is 31.1 Å². The molecule has 0 spiro atoms. The molecule has 17 heavy (non-hydrogen) atoms. The third kappa shape index (κ3) is 4.14. The molecular weight excluding hydrogens is 208 g/mol. The normalized spacial score (nSPS) is 16.6. The summed E-state index contributed by atoms with van der Waals surface area (Å²) in [5.41, 5.74) is 4.13. The van der Waals surface area contributed by atoms with Gasteiger partial charge in [-0.05, 0) is 45.3 Å². The number of nitrogens with one attached hydrogen (secondary N) is 1. The second-order valence-corrected chi connectivity index (χ2v) is 5.22. The standard InChI is InChI=1S/C15H24N2/c1-13-9-14(2)11-15(10-13)12-16-5-8-17-6-3-4-7-17/h9-11,16H,3-8,12H2,1-2H3. The van der Waals surface area contributed by atoms with E-state index in [9.17, 15) is 0 Å². The molecule has 1 aromatic rings. The van der Waals surface area contributed by atoms with Crippen molar-refractivity contribution in [1.29, 1.82) is 0 Å². The molecule has 0 radical (unpaired) electrons. The van der Waals surface area contributed by atoms with Gasteiger partial charge in [0.1, 0.15) is 0 Å². The fourth-order valence-corrected chi connectivity index (χ4v) is 2.65. The molecule has 0 aromatic heterocycles. The van der Waals surface area contributed by atoms with E-state index >= 15 is 0 Å². The van der Waals surface area contributed by atoms with Gasteiger partial charge >= 0.3 is 0 Å². The van der Waals surface area contributed by atoms with Crippen LogP contribution in [0, 0.1) is 13.8 Å². The maximum absolute atomic E-state index is 3.54. The Kier molecular flexibility index (Phi) is 4.57. The number of hydrogen-bond acceptors (Lipinski definition) is 2. The number of benzene rings is 1. The van der Waals surface area contributed by atoms with E-state index in [0.29, 0.717) is 0 Å². The maximum atomic E-state index is 3.54. The highest BCUT2D eigenvalue weighted by atomic mass is 15.1. The van der Waals surface area contributed by atoms with Crippen molar-refractivity contribution >= 4 is 0 Å². The molecule has 0 bridgehead atoms. The van der Waals surface area contributed by atoms with E-state index in [2.05, 4.69) is 42.3 Å². The van der Waals surface area contributed by atoms with Gasteiger partial charge in [-0.3, -0.25) is 0 Å². The lowest BCUT2D eigenvalue weighted by atomic mass is 10.1. The number of likely N-dealkylation sites (tertiary alicyclic amines) is 1. The van der Waals surface area contributed by atoms with Gasteiger partial charge in [0.2, 0.25) is 0 Å². The first kappa shape index (κ1) is 12.6. The Morgan fingerprint density at radius 1 is 1.06 bits per heavy atom. The molecule has 94 valence electrons. The first-order valence-electron chi connectivity index (χ1n) is 6.74. The zero-order valence-corrected chi connectivity index (χ0v) is 11.1. The quantitative estimate of drug-likeness (QED) is 0.785. The van der Waals surface area contributed by atoms with Crippen molar-refractivity contribution in [3.8, 4) is 0 Å². The molecule has 0 aliphatic carbocycles. The Morgan fingerprint density at radius 2 is 1.71 bits per heavy atom. The van der Waals surface area contributed by atoms with E-state index < -0.39 is 0 Å². The molecule has 1 fully saturated rings. The van der Waals surface area contributed by atoms with Gasteiger partial charge in [0.15, 0.2) is 0 Å². The zero-order valence-electron chi connectivity index (χ0n) is 11.1. The van der Waals surface area contributed by atoms with E-state index in [1.54, 1.807) is 0 Å². The maximum Gasteiger partial charge on any atom is 0.0206 e. The number of hydrogen-bond donors (Lipinski definition) is 1. The fraction of sp³-hybridized carbons (Fsp3) is 0.600. The summed E-state index contributed by atoms with van der Waals surface area (Å²) in [7, 11) is 0. The van der Waals surface area contributed by atoms with Gasteiger partial charge in [0.25, 0.3) is 0 Å². The van der Waals surface area contributed by atoms with Crippen molar-refractivity contribution in [3.05, 3.63) is 34.9 Å². The highest BCUT2D eigenvalue weighted by Gasteiger charge is 2.09. The van der Waals surface area contributed by atoms with Gasteiger partial charge in [0.05, 0.1) is 0 Å². The van der Waals surface area contributed by atoms with Gasteiger partial charge in [-0.25, -0.2) is 0 Å². The third-order valence-corrected chi connectivity index (χ3v) is 3.41. The van der Waals surface area contributed by atoms with Crippen molar-refractivity contribution in [2.24, 2.45) is 0 Å². The van der Waals surface area contributed by atoms with Crippen LogP contribution in [0.4, 0.5) is 0 Å². The molecule has 0 saturated carbocycles. The van der Waals surface area contributed by atoms with Gasteiger partial charge in [-0.15, -0.1) is 0 Å². The summed E-state index contributed by atoms with van der Waals surface area (Å²) in [6.07, 6.45) is 2.77. The van der Waals surface area contributed by atoms with Crippen molar-refractivity contribution in [3.63, 3.8) is 0 Å². The average molecular weight is 232 g/mol. The summed E-state index contributed by atoms with van der Waals surface area (Å²) in [6, 6.07) is 6.78. The topological polar surface area (TPSA) is 15.3 Å². The number of nitrogens with zero attached hydrogens (tertiary/aromatic N) is 1. The average Bonchev–Trinajstić information content (AvgIpc) is 2.76. The zero-order chi connectivity index (χ0) is 12.1. The van der Waals surface area contributed by atoms with Crippen LogP contribution in [0.25, 0.3) is 0 Å². The van der Waals surface area contributed by atoms with Crippen LogP contribution in [0.3, 0.4) is 0 Å². The highest BCUT2D eigenvalue weighted by Crippen LogP contribution is 2.09. The van der Waals surface area contributed by atoms with Gasteiger partial charge in [0, 0.05) is 19.6 Å². The van der Waals surface area contributed by atoms with E-state index in [4.69, 9.17) is 0 Å². The molecule has 2 rings (SSSR count). The smallest absolute Gasteiger partial charge is 0.0206 e. The first-order chi connectivity index (χ1) is 8.24. The summed E-state index contributed by atoms with van der Waals surface area (Å²) in [6.45, 7) is 10.2. The molecule has 2 nitrogen and oxygen atoms in total. The van der Waals surface area contributed by atoms with Crippen molar-refractivity contribution < 1.29 is 0 Å². The fourth-order valence-electron chi connectivity index (χ4n) is 2.65. The van der Waals surface area contributed by atoms with Crippen LogP contribution in [0.1, 0.15) is 29.5 Å². The van der Waals surface area contributed by atoms with Crippen LogP contribution in [0.15, 0.2) is 18.2 Å². The SMILES string of the molecule is Cc1cc(C)cc(CNCCN2CCCC2)c1. The second kappa shape index (κ2) is 6.18. The summed E-state index contributed by atoms with van der Waals surface area (Å²) in [4.78, 5) is 2.55. The first-order valence-corrected chi connectivity index (χ1v) is 6.74. The Morgan fingerprint density at radius 3 is 2.35 bits per heavy atom. The van der Waals surface area contributed by atoms with Gasteiger partial charge in [-0.2, -0.15) is 0 Å². The van der Waals surface area contributed by atoms with Gasteiger partial charge < -0.3 is 10.2 Å². The van der Waals surface area contributed by atoms with Crippen LogP contribution in [-0.2, 0) is 6.54 Å². The molecule has 1 saturated heterocycles. The molecule has 1 heterocycles. The lowest BCUT2D eigenvalue weighted by molar-refractivity contribution is 0.335.